The van der Waals surface area contributed by atoms with Crippen LogP contribution in [0.25, 0.3) is 0 Å². The van der Waals surface area contributed by atoms with Gasteiger partial charge in [0.05, 0.1) is 16.1 Å². The third-order valence-corrected chi connectivity index (χ3v) is 3.95. The minimum Gasteiger partial charge on any atom is -0.320 e. The molecule has 0 aliphatic carbocycles. The quantitative estimate of drug-likeness (QED) is 0.819. The Morgan fingerprint density at radius 1 is 1.29 bits per heavy atom. The van der Waals surface area contributed by atoms with Crippen LogP contribution in [0.15, 0.2) is 23.0 Å². The predicted molar refractivity (Wildman–Crippen MR) is 76.9 cm³/mol. The molecule has 0 saturated heterocycles. The van der Waals surface area contributed by atoms with Gasteiger partial charge < -0.3 is 5.73 Å². The maximum absolute atomic E-state index is 6.08. The fourth-order valence-corrected chi connectivity index (χ4v) is 2.78. The Morgan fingerprint density at radius 2 is 2.00 bits per heavy atom. The van der Waals surface area contributed by atoms with E-state index in [9.17, 15) is 0 Å². The molecule has 0 spiro atoms. The molecule has 0 unspecified atom stereocenters. The molecule has 7 heteroatoms. The van der Waals surface area contributed by atoms with Crippen molar-refractivity contribution in [1.29, 1.82) is 0 Å². The second kappa shape index (κ2) is 6.23. The summed E-state index contributed by atoms with van der Waals surface area (Å²) in [6, 6.07) is 1.54. The van der Waals surface area contributed by atoms with Crippen molar-refractivity contribution in [2.24, 2.45) is 5.73 Å². The smallest absolute Gasteiger partial charge is 0.148 e. The van der Waals surface area contributed by atoms with Crippen LogP contribution in [0, 0.1) is 0 Å². The van der Waals surface area contributed by atoms with Gasteiger partial charge in [-0.15, -0.1) is 12.4 Å². The van der Waals surface area contributed by atoms with Gasteiger partial charge in [0.25, 0.3) is 0 Å². The third kappa shape index (κ3) is 3.05. The van der Waals surface area contributed by atoms with Crippen molar-refractivity contribution in [2.45, 2.75) is 6.04 Å². The summed E-state index contributed by atoms with van der Waals surface area (Å²) in [5, 5.41) is 4.85. The Bertz CT molecular complexity index is 501. The summed E-state index contributed by atoms with van der Waals surface area (Å²) >= 11 is 19.5. The van der Waals surface area contributed by atoms with Gasteiger partial charge in [-0.25, -0.2) is 4.98 Å². The summed E-state index contributed by atoms with van der Waals surface area (Å²) in [6.07, 6.45) is 1.46. The van der Waals surface area contributed by atoms with Crippen molar-refractivity contribution >= 4 is 58.5 Å². The molecular formula is C10H8Cl4N2S. The van der Waals surface area contributed by atoms with Gasteiger partial charge in [0.15, 0.2) is 0 Å². The van der Waals surface area contributed by atoms with E-state index in [1.54, 1.807) is 11.3 Å². The topological polar surface area (TPSA) is 38.9 Å². The Labute approximate surface area is 124 Å². The molecule has 2 N–H and O–H groups in total. The zero-order valence-corrected chi connectivity index (χ0v) is 12.3. The number of rotatable bonds is 2. The number of thiophene rings is 1. The van der Waals surface area contributed by atoms with Crippen molar-refractivity contribution in [3.63, 3.8) is 0 Å². The van der Waals surface area contributed by atoms with E-state index in [-0.39, 0.29) is 23.6 Å². The Balaban J connectivity index is 0.00000144. The highest BCUT2D eigenvalue weighted by Crippen LogP contribution is 2.36. The van der Waals surface area contributed by atoms with E-state index >= 15 is 0 Å². The van der Waals surface area contributed by atoms with Crippen LogP contribution in [-0.4, -0.2) is 4.98 Å². The summed E-state index contributed by atoms with van der Waals surface area (Å²) in [5.74, 6) is 0. The van der Waals surface area contributed by atoms with E-state index < -0.39 is 0 Å². The lowest BCUT2D eigenvalue weighted by Crippen LogP contribution is -2.12. The highest BCUT2D eigenvalue weighted by atomic mass is 35.5. The Kier molecular flexibility index (Phi) is 5.51. The van der Waals surface area contributed by atoms with E-state index in [0.29, 0.717) is 15.6 Å². The minimum absolute atomic E-state index is 0. The fourth-order valence-electron chi connectivity index (χ4n) is 1.36. The molecule has 2 heterocycles. The van der Waals surface area contributed by atoms with Gasteiger partial charge in [-0.3, -0.25) is 0 Å². The second-order valence-corrected chi connectivity index (χ2v) is 5.08. The summed E-state index contributed by atoms with van der Waals surface area (Å²) in [5.41, 5.74) is 7.65. The van der Waals surface area contributed by atoms with Crippen LogP contribution in [-0.2, 0) is 0 Å². The number of nitrogens with two attached hydrogens (primary N) is 1. The molecule has 92 valence electrons. The molecule has 0 aliphatic rings. The summed E-state index contributed by atoms with van der Waals surface area (Å²) in [6.45, 7) is 0. The number of hydrogen-bond acceptors (Lipinski definition) is 3. The lowest BCUT2D eigenvalue weighted by atomic mass is 10.0. The second-order valence-electron chi connectivity index (χ2n) is 3.16. The van der Waals surface area contributed by atoms with Crippen LogP contribution in [0.2, 0.25) is 15.2 Å². The van der Waals surface area contributed by atoms with Gasteiger partial charge in [-0.1, -0.05) is 34.8 Å². The number of pyridine rings is 1. The molecule has 0 aliphatic heterocycles. The molecule has 1 atom stereocenters. The predicted octanol–water partition coefficient (Wildman–Crippen LogP) is 4.57. The maximum atomic E-state index is 6.08. The highest BCUT2D eigenvalue weighted by molar-refractivity contribution is 7.08. The largest absolute Gasteiger partial charge is 0.320 e. The van der Waals surface area contributed by atoms with Crippen molar-refractivity contribution in [2.75, 3.05) is 0 Å². The SMILES string of the molecule is Cl.N[C@H](c1ccsc1)c1c(Cl)cnc(Cl)c1Cl. The van der Waals surface area contributed by atoms with Crippen molar-refractivity contribution in [3.05, 3.63) is 49.3 Å². The van der Waals surface area contributed by atoms with Gasteiger partial charge in [0.1, 0.15) is 5.15 Å². The summed E-state index contributed by atoms with van der Waals surface area (Å²) in [4.78, 5) is 3.85. The number of hydrogen-bond donors (Lipinski definition) is 1. The number of halogens is 4. The standard InChI is InChI=1S/C10H7Cl3N2S.ClH/c11-6-3-15-10(13)8(12)7(6)9(14)5-1-2-16-4-5;/h1-4,9H,14H2;1H/t9-;/m1./s1. The van der Waals surface area contributed by atoms with E-state index in [4.69, 9.17) is 40.5 Å². The van der Waals surface area contributed by atoms with Gasteiger partial charge >= 0.3 is 0 Å². The lowest BCUT2D eigenvalue weighted by molar-refractivity contribution is 0.874. The molecule has 2 rings (SSSR count). The van der Waals surface area contributed by atoms with Gasteiger partial charge in [-0.2, -0.15) is 11.3 Å². The monoisotopic (exact) mass is 328 g/mol. The number of aromatic nitrogens is 1. The van der Waals surface area contributed by atoms with Crippen LogP contribution >= 0.6 is 58.5 Å². The molecule has 0 saturated carbocycles. The van der Waals surface area contributed by atoms with Gasteiger partial charge in [-0.05, 0) is 22.4 Å². The Morgan fingerprint density at radius 3 is 2.59 bits per heavy atom. The average molecular weight is 330 g/mol. The first-order chi connectivity index (χ1) is 7.61. The van der Waals surface area contributed by atoms with E-state index in [2.05, 4.69) is 4.98 Å². The van der Waals surface area contributed by atoms with E-state index in [1.165, 1.54) is 6.20 Å². The highest BCUT2D eigenvalue weighted by Gasteiger charge is 2.19. The van der Waals surface area contributed by atoms with Crippen LogP contribution < -0.4 is 5.73 Å². The molecular weight excluding hydrogens is 322 g/mol. The molecule has 2 nitrogen and oxygen atoms in total. The first-order valence-corrected chi connectivity index (χ1v) is 6.46. The molecule has 0 aromatic carbocycles. The molecule has 0 fully saturated rings. The molecule has 0 bridgehead atoms. The molecule has 17 heavy (non-hydrogen) atoms. The zero-order valence-electron chi connectivity index (χ0n) is 8.36. The van der Waals surface area contributed by atoms with Gasteiger partial charge in [0, 0.05) is 11.8 Å². The van der Waals surface area contributed by atoms with Crippen molar-refractivity contribution < 1.29 is 0 Å². The maximum Gasteiger partial charge on any atom is 0.148 e. The average Bonchev–Trinajstić information content (AvgIpc) is 2.77. The van der Waals surface area contributed by atoms with Crippen molar-refractivity contribution in [3.8, 4) is 0 Å². The number of nitrogens with zero attached hydrogens (tertiary/aromatic N) is 1. The molecule has 2 aromatic heterocycles. The molecule has 2 aromatic rings. The third-order valence-electron chi connectivity index (χ3n) is 2.18. The fraction of sp³-hybridized carbons (Fsp3) is 0.100. The zero-order chi connectivity index (χ0) is 11.7. The lowest BCUT2D eigenvalue weighted by Gasteiger charge is -2.14. The van der Waals surface area contributed by atoms with Crippen LogP contribution in [0.3, 0.4) is 0 Å². The van der Waals surface area contributed by atoms with E-state index in [0.717, 1.165) is 5.56 Å². The first-order valence-electron chi connectivity index (χ1n) is 4.38. The molecule has 0 radical (unpaired) electrons. The summed E-state index contributed by atoms with van der Waals surface area (Å²) < 4.78 is 0. The van der Waals surface area contributed by atoms with E-state index in [1.807, 2.05) is 16.8 Å². The Hall–Kier alpha value is -0.0300. The molecule has 0 amide bonds. The van der Waals surface area contributed by atoms with Crippen LogP contribution in [0.1, 0.15) is 17.2 Å². The normalized spacial score (nSPS) is 12.0. The first kappa shape index (κ1) is 15.0. The van der Waals surface area contributed by atoms with Crippen LogP contribution in [0.5, 0.6) is 0 Å². The van der Waals surface area contributed by atoms with Crippen LogP contribution in [0.4, 0.5) is 0 Å². The summed E-state index contributed by atoms with van der Waals surface area (Å²) in [7, 11) is 0. The minimum atomic E-state index is -0.383. The van der Waals surface area contributed by atoms with Gasteiger partial charge in [0.2, 0.25) is 0 Å². The van der Waals surface area contributed by atoms with Crippen molar-refractivity contribution in [1.82, 2.24) is 4.98 Å².